The Hall–Kier alpha value is -2.89. The number of hydrogen-bond acceptors (Lipinski definition) is 6. The molecule has 436 valence electrons. The van der Waals surface area contributed by atoms with E-state index in [9.17, 15) is 14.4 Å². The third-order valence-electron chi connectivity index (χ3n) is 14.5. The van der Waals surface area contributed by atoms with Gasteiger partial charge in [0.05, 0.1) is 0 Å². The standard InChI is InChI=1S/C69H124O6/c1-4-7-10-13-16-19-22-25-27-29-31-33-34-36-37-39-41-44-47-50-53-56-59-62-68(71)74-65-66(64-73-67(70)61-58-55-52-49-46-43-24-21-18-15-12-9-6-3)75-69(72)63-60-57-54-51-48-45-42-40-38-35-32-30-28-26-23-20-17-14-11-8-5-2/h21-26,29-32,66H,4-20,27-28,33-65H2,1-3H3/b24-21-,25-22-,26-23-,31-29-,32-30-. The van der Waals surface area contributed by atoms with Gasteiger partial charge in [-0.05, 0) is 109 Å². The Morgan fingerprint density at radius 3 is 0.760 bits per heavy atom. The number of ether oxygens (including phenoxy) is 3. The molecule has 0 fully saturated rings. The van der Waals surface area contributed by atoms with E-state index < -0.39 is 6.10 Å². The highest BCUT2D eigenvalue weighted by molar-refractivity contribution is 5.71. The number of rotatable bonds is 60. The molecule has 0 amide bonds. The Bertz CT molecular complexity index is 1340. The monoisotopic (exact) mass is 1050 g/mol. The SMILES string of the molecule is CCCCCC/C=C\CCCCCCCC(=O)OCC(COC(=O)CCCCCCCCCCCCC/C=C\C/C=C\CCCCCCC)OC(=O)CCCCCCCCCCC/C=C\C/C=C\CCCCCCC. The molecular formula is C69H124O6. The molecule has 0 saturated carbocycles. The molecule has 0 aliphatic rings. The summed E-state index contributed by atoms with van der Waals surface area (Å²) in [6.45, 7) is 6.64. The molecule has 0 aromatic carbocycles. The summed E-state index contributed by atoms with van der Waals surface area (Å²) in [6, 6.07) is 0. The smallest absolute Gasteiger partial charge is 0.306 e. The number of unbranched alkanes of at least 4 members (excludes halogenated alkanes) is 39. The van der Waals surface area contributed by atoms with Gasteiger partial charge >= 0.3 is 17.9 Å². The van der Waals surface area contributed by atoms with Crippen LogP contribution in [0, 0.1) is 0 Å². The summed E-state index contributed by atoms with van der Waals surface area (Å²) in [7, 11) is 0. The molecule has 0 spiro atoms. The Balaban J connectivity index is 4.31. The largest absolute Gasteiger partial charge is 0.462 e. The van der Waals surface area contributed by atoms with Crippen molar-refractivity contribution in [3.63, 3.8) is 0 Å². The molecule has 0 aliphatic heterocycles. The van der Waals surface area contributed by atoms with Gasteiger partial charge in [0.15, 0.2) is 6.10 Å². The number of carbonyl (C=O) groups is 3. The third-order valence-corrected chi connectivity index (χ3v) is 14.5. The number of allylic oxidation sites excluding steroid dienone is 10. The molecule has 0 rings (SSSR count). The van der Waals surface area contributed by atoms with Gasteiger partial charge in [-0.15, -0.1) is 0 Å². The summed E-state index contributed by atoms with van der Waals surface area (Å²) in [5.74, 6) is -0.876. The van der Waals surface area contributed by atoms with E-state index in [0.717, 1.165) is 77.0 Å². The summed E-state index contributed by atoms with van der Waals surface area (Å²) < 4.78 is 16.9. The molecule has 6 nitrogen and oxygen atoms in total. The van der Waals surface area contributed by atoms with Crippen LogP contribution in [0.2, 0.25) is 0 Å². The van der Waals surface area contributed by atoms with E-state index in [2.05, 4.69) is 81.5 Å². The maximum atomic E-state index is 12.9. The molecule has 6 heteroatoms. The molecular weight excluding hydrogens is 925 g/mol. The molecule has 1 atom stereocenters. The van der Waals surface area contributed by atoms with Crippen LogP contribution in [0.4, 0.5) is 0 Å². The summed E-state index contributed by atoms with van der Waals surface area (Å²) >= 11 is 0. The van der Waals surface area contributed by atoms with Crippen LogP contribution in [-0.4, -0.2) is 37.2 Å². The summed E-state index contributed by atoms with van der Waals surface area (Å²) in [4.78, 5) is 38.3. The zero-order valence-corrected chi connectivity index (χ0v) is 50.1. The molecule has 75 heavy (non-hydrogen) atoms. The van der Waals surface area contributed by atoms with Crippen molar-refractivity contribution in [2.45, 2.75) is 348 Å². The molecule has 0 bridgehead atoms. The topological polar surface area (TPSA) is 78.9 Å². The van der Waals surface area contributed by atoms with Gasteiger partial charge in [0, 0.05) is 19.3 Å². The van der Waals surface area contributed by atoms with Gasteiger partial charge in [0.25, 0.3) is 0 Å². The first-order valence-corrected chi connectivity index (χ1v) is 32.8. The first-order chi connectivity index (χ1) is 37.0. The fourth-order valence-corrected chi connectivity index (χ4v) is 9.50. The molecule has 0 N–H and O–H groups in total. The second-order valence-corrected chi connectivity index (χ2v) is 22.0. The van der Waals surface area contributed by atoms with Crippen LogP contribution in [0.25, 0.3) is 0 Å². The van der Waals surface area contributed by atoms with Gasteiger partial charge in [-0.25, -0.2) is 0 Å². The molecule has 0 aliphatic carbocycles. The minimum atomic E-state index is -0.781. The van der Waals surface area contributed by atoms with Crippen LogP contribution >= 0.6 is 0 Å². The van der Waals surface area contributed by atoms with Gasteiger partial charge in [-0.1, -0.05) is 274 Å². The second kappa shape index (κ2) is 63.6. The van der Waals surface area contributed by atoms with Gasteiger partial charge in [0.2, 0.25) is 0 Å². The highest BCUT2D eigenvalue weighted by atomic mass is 16.6. The lowest BCUT2D eigenvalue weighted by molar-refractivity contribution is -0.167. The summed E-state index contributed by atoms with van der Waals surface area (Å²) in [6.07, 6.45) is 80.8. The highest BCUT2D eigenvalue weighted by Crippen LogP contribution is 2.16. The second-order valence-electron chi connectivity index (χ2n) is 22.0. The van der Waals surface area contributed by atoms with Crippen molar-refractivity contribution in [3.8, 4) is 0 Å². The molecule has 0 aromatic heterocycles. The molecule has 0 heterocycles. The van der Waals surface area contributed by atoms with Crippen molar-refractivity contribution < 1.29 is 28.6 Å². The molecule has 0 saturated heterocycles. The van der Waals surface area contributed by atoms with E-state index >= 15 is 0 Å². The predicted octanol–water partition coefficient (Wildman–Crippen LogP) is 22.3. The third kappa shape index (κ3) is 61.8. The van der Waals surface area contributed by atoms with Crippen molar-refractivity contribution in [3.05, 3.63) is 60.8 Å². The van der Waals surface area contributed by atoms with Crippen LogP contribution in [0.5, 0.6) is 0 Å². The zero-order chi connectivity index (χ0) is 54.3. The van der Waals surface area contributed by atoms with Crippen LogP contribution < -0.4 is 0 Å². The Morgan fingerprint density at radius 1 is 0.267 bits per heavy atom. The van der Waals surface area contributed by atoms with Crippen LogP contribution in [0.15, 0.2) is 60.8 Å². The lowest BCUT2D eigenvalue weighted by Crippen LogP contribution is -2.30. The molecule has 0 radical (unpaired) electrons. The highest BCUT2D eigenvalue weighted by Gasteiger charge is 2.19. The van der Waals surface area contributed by atoms with Crippen molar-refractivity contribution in [2.24, 2.45) is 0 Å². The normalized spacial score (nSPS) is 12.4. The van der Waals surface area contributed by atoms with Crippen molar-refractivity contribution in [1.82, 2.24) is 0 Å². The van der Waals surface area contributed by atoms with Gasteiger partial charge < -0.3 is 14.2 Å². The Morgan fingerprint density at radius 2 is 0.480 bits per heavy atom. The van der Waals surface area contributed by atoms with Crippen molar-refractivity contribution >= 4 is 17.9 Å². The van der Waals surface area contributed by atoms with Crippen LogP contribution in [0.1, 0.15) is 342 Å². The molecule has 0 aromatic rings. The van der Waals surface area contributed by atoms with Gasteiger partial charge in [-0.3, -0.25) is 14.4 Å². The minimum Gasteiger partial charge on any atom is -0.462 e. The van der Waals surface area contributed by atoms with E-state index in [0.29, 0.717) is 19.3 Å². The van der Waals surface area contributed by atoms with Crippen molar-refractivity contribution in [2.75, 3.05) is 13.2 Å². The predicted molar refractivity (Wildman–Crippen MR) is 325 cm³/mol. The van der Waals surface area contributed by atoms with E-state index in [1.807, 2.05) is 0 Å². The maximum absolute atomic E-state index is 12.9. The maximum Gasteiger partial charge on any atom is 0.306 e. The van der Waals surface area contributed by atoms with Crippen molar-refractivity contribution in [1.29, 1.82) is 0 Å². The number of carbonyl (C=O) groups excluding carboxylic acids is 3. The van der Waals surface area contributed by atoms with E-state index in [4.69, 9.17) is 14.2 Å². The number of esters is 3. The van der Waals surface area contributed by atoms with Gasteiger partial charge in [-0.2, -0.15) is 0 Å². The fourth-order valence-electron chi connectivity index (χ4n) is 9.50. The summed E-state index contributed by atoms with van der Waals surface area (Å²) in [5, 5.41) is 0. The van der Waals surface area contributed by atoms with E-state index in [1.165, 1.54) is 225 Å². The lowest BCUT2D eigenvalue weighted by atomic mass is 10.0. The van der Waals surface area contributed by atoms with Crippen LogP contribution in [-0.2, 0) is 28.6 Å². The first-order valence-electron chi connectivity index (χ1n) is 32.8. The quantitative estimate of drug-likeness (QED) is 0.0261. The Labute approximate surface area is 466 Å². The van der Waals surface area contributed by atoms with Crippen LogP contribution in [0.3, 0.4) is 0 Å². The number of hydrogen-bond donors (Lipinski definition) is 0. The zero-order valence-electron chi connectivity index (χ0n) is 50.1. The molecule has 1 unspecified atom stereocenters. The van der Waals surface area contributed by atoms with E-state index in [-0.39, 0.29) is 31.1 Å². The minimum absolute atomic E-state index is 0.0777. The summed E-state index contributed by atoms with van der Waals surface area (Å²) in [5.41, 5.74) is 0. The van der Waals surface area contributed by atoms with Gasteiger partial charge in [0.1, 0.15) is 13.2 Å². The fraction of sp³-hybridized carbons (Fsp3) is 0.812. The first kappa shape index (κ1) is 72.1. The Kier molecular flexibility index (Phi) is 61.2. The average Bonchev–Trinajstić information content (AvgIpc) is 3.41. The average molecular weight is 1050 g/mol. The van der Waals surface area contributed by atoms with E-state index in [1.54, 1.807) is 0 Å². The lowest BCUT2D eigenvalue weighted by Gasteiger charge is -2.18.